The largest absolute Gasteiger partial charge is 0.478 e. The van der Waals surface area contributed by atoms with E-state index in [1.165, 1.54) is 7.11 Å². The van der Waals surface area contributed by atoms with Gasteiger partial charge in [-0.3, -0.25) is 0 Å². The van der Waals surface area contributed by atoms with Crippen LogP contribution >= 0.6 is 77.0 Å². The highest BCUT2D eigenvalue weighted by Gasteiger charge is 2.09. The molecule has 0 aromatic heterocycles. The summed E-state index contributed by atoms with van der Waals surface area (Å²) in [7, 11) is 1.37. The average Bonchev–Trinajstić information content (AvgIpc) is 2.46. The van der Waals surface area contributed by atoms with Crippen LogP contribution in [0.5, 0.6) is 0 Å². The van der Waals surface area contributed by atoms with E-state index in [4.69, 9.17) is 5.11 Å². The quantitative estimate of drug-likeness (QED) is 0.335. The van der Waals surface area contributed by atoms with Gasteiger partial charge in [0.1, 0.15) is 0 Å². The van der Waals surface area contributed by atoms with E-state index < -0.39 is 5.97 Å². The fourth-order valence-corrected chi connectivity index (χ4v) is 4.36. The Hall–Kier alpha value is -0.200. The van der Waals surface area contributed by atoms with Gasteiger partial charge in [0.25, 0.3) is 0 Å². The summed E-state index contributed by atoms with van der Waals surface area (Å²) in [6, 6.07) is 10.6. The van der Waals surface area contributed by atoms with Crippen LogP contribution in [0, 0.1) is 7.14 Å². The molecule has 8 heteroatoms. The van der Waals surface area contributed by atoms with Gasteiger partial charge in [0, 0.05) is 16.1 Å². The Morgan fingerprint density at radius 3 is 1.74 bits per heavy atom. The van der Waals surface area contributed by atoms with Crippen molar-refractivity contribution in [2.24, 2.45) is 0 Å². The SMILES string of the molecule is COC(=O)c1ccc(I)cc1Br.O=C(O)c1ccc(I)cc1Br. The van der Waals surface area contributed by atoms with Crippen molar-refractivity contribution in [1.29, 1.82) is 0 Å². The van der Waals surface area contributed by atoms with Gasteiger partial charge in [0.15, 0.2) is 0 Å². The molecule has 4 nitrogen and oxygen atoms in total. The summed E-state index contributed by atoms with van der Waals surface area (Å²) in [5, 5.41) is 8.62. The lowest BCUT2D eigenvalue weighted by Gasteiger charge is -2.01. The van der Waals surface area contributed by atoms with Gasteiger partial charge in [0.2, 0.25) is 0 Å². The second-order valence-corrected chi connectivity index (χ2v) is 8.25. The molecule has 0 spiro atoms. The fourth-order valence-electron chi connectivity index (χ4n) is 1.43. The molecule has 122 valence electrons. The van der Waals surface area contributed by atoms with Gasteiger partial charge in [-0.05, 0) is 113 Å². The molecule has 0 bridgehead atoms. The van der Waals surface area contributed by atoms with Gasteiger partial charge in [-0.15, -0.1) is 0 Å². The van der Waals surface area contributed by atoms with Crippen LogP contribution in [-0.2, 0) is 4.74 Å². The number of carbonyl (C=O) groups is 2. The van der Waals surface area contributed by atoms with Crippen LogP contribution in [0.15, 0.2) is 45.3 Å². The normalized spacial score (nSPS) is 9.61. The number of benzene rings is 2. The van der Waals surface area contributed by atoms with E-state index in [1.807, 2.05) is 12.1 Å². The van der Waals surface area contributed by atoms with Gasteiger partial charge in [-0.2, -0.15) is 0 Å². The topological polar surface area (TPSA) is 63.6 Å². The van der Waals surface area contributed by atoms with Crippen molar-refractivity contribution < 1.29 is 19.4 Å². The zero-order chi connectivity index (χ0) is 17.6. The number of halogens is 4. The lowest BCUT2D eigenvalue weighted by Crippen LogP contribution is -2.01. The fraction of sp³-hybridized carbons (Fsp3) is 0.0667. The zero-order valence-corrected chi connectivity index (χ0v) is 19.1. The first kappa shape index (κ1) is 20.8. The summed E-state index contributed by atoms with van der Waals surface area (Å²) in [5.41, 5.74) is 0.850. The number of hydrogen-bond donors (Lipinski definition) is 1. The van der Waals surface area contributed by atoms with Gasteiger partial charge < -0.3 is 9.84 Å². The minimum absolute atomic E-state index is 0.297. The highest BCUT2D eigenvalue weighted by atomic mass is 127. The van der Waals surface area contributed by atoms with Crippen LogP contribution in [0.4, 0.5) is 0 Å². The molecule has 0 saturated heterocycles. The number of carboxylic acids is 1. The maximum atomic E-state index is 11.1. The van der Waals surface area contributed by atoms with Crippen LogP contribution in [0.1, 0.15) is 20.7 Å². The Labute approximate surface area is 177 Å². The Morgan fingerprint density at radius 2 is 1.39 bits per heavy atom. The zero-order valence-electron chi connectivity index (χ0n) is 11.6. The number of esters is 1. The van der Waals surface area contributed by atoms with E-state index in [2.05, 4.69) is 81.8 Å². The lowest BCUT2D eigenvalue weighted by atomic mass is 10.2. The first-order chi connectivity index (χ1) is 10.8. The molecule has 0 aliphatic heterocycles. The number of methoxy groups -OCH3 is 1. The van der Waals surface area contributed by atoms with Gasteiger partial charge in [-0.1, -0.05) is 0 Å². The standard InChI is InChI=1S/C8H6BrIO2.C7H4BrIO2/c1-12-8(11)6-3-2-5(10)4-7(6)9;8-6-3-4(9)1-2-5(6)7(10)11/h2-4H,1H3;1-3H,(H,10,11). The van der Waals surface area contributed by atoms with Gasteiger partial charge in [0.05, 0.1) is 18.2 Å². The summed E-state index contributed by atoms with van der Waals surface area (Å²) in [4.78, 5) is 21.6. The van der Waals surface area contributed by atoms with Crippen molar-refractivity contribution in [2.75, 3.05) is 7.11 Å². The summed E-state index contributed by atoms with van der Waals surface area (Å²) >= 11 is 10.7. The molecule has 0 aliphatic rings. The second-order valence-electron chi connectivity index (χ2n) is 4.05. The smallest absolute Gasteiger partial charge is 0.339 e. The minimum atomic E-state index is -0.909. The molecule has 0 saturated carbocycles. The molecule has 0 amide bonds. The molecule has 0 radical (unpaired) electrons. The van der Waals surface area contributed by atoms with Crippen LogP contribution in [0.25, 0.3) is 0 Å². The maximum absolute atomic E-state index is 11.1. The van der Waals surface area contributed by atoms with Crippen LogP contribution in [-0.4, -0.2) is 24.2 Å². The monoisotopic (exact) mass is 666 g/mol. The van der Waals surface area contributed by atoms with Crippen molar-refractivity contribution in [3.8, 4) is 0 Å². The van der Waals surface area contributed by atoms with E-state index in [0.717, 1.165) is 11.6 Å². The molecular formula is C15H10Br2I2O4. The first-order valence-corrected chi connectivity index (χ1v) is 9.72. The lowest BCUT2D eigenvalue weighted by molar-refractivity contribution is 0.0598. The van der Waals surface area contributed by atoms with E-state index in [-0.39, 0.29) is 5.97 Å². The third kappa shape index (κ3) is 6.67. The van der Waals surface area contributed by atoms with Crippen molar-refractivity contribution in [3.63, 3.8) is 0 Å². The van der Waals surface area contributed by atoms with Crippen molar-refractivity contribution in [3.05, 3.63) is 63.6 Å². The number of carbonyl (C=O) groups excluding carboxylic acids is 1. The molecule has 0 unspecified atom stereocenters. The summed E-state index contributed by atoms with van der Waals surface area (Å²) in [6.07, 6.45) is 0. The molecule has 2 rings (SSSR count). The number of hydrogen-bond acceptors (Lipinski definition) is 3. The third-order valence-corrected chi connectivity index (χ3v) is 5.15. The molecule has 0 aliphatic carbocycles. The van der Waals surface area contributed by atoms with E-state index in [9.17, 15) is 9.59 Å². The Kier molecular flexibility index (Phi) is 9.01. The van der Waals surface area contributed by atoms with Gasteiger partial charge >= 0.3 is 11.9 Å². The highest BCUT2D eigenvalue weighted by Crippen LogP contribution is 2.20. The predicted octanol–water partition coefficient (Wildman–Crippen LogP) is 5.59. The Bertz CT molecular complexity index is 735. The van der Waals surface area contributed by atoms with Crippen molar-refractivity contribution in [1.82, 2.24) is 0 Å². The molecule has 2 aromatic carbocycles. The van der Waals surface area contributed by atoms with Crippen LogP contribution in [0.2, 0.25) is 0 Å². The molecule has 1 N–H and O–H groups in total. The average molecular weight is 668 g/mol. The van der Waals surface area contributed by atoms with Crippen molar-refractivity contribution in [2.45, 2.75) is 0 Å². The third-order valence-electron chi connectivity index (χ3n) is 2.50. The molecule has 23 heavy (non-hydrogen) atoms. The first-order valence-electron chi connectivity index (χ1n) is 5.98. The van der Waals surface area contributed by atoms with Crippen LogP contribution < -0.4 is 0 Å². The summed E-state index contributed by atoms with van der Waals surface area (Å²) in [5.74, 6) is -1.23. The summed E-state index contributed by atoms with van der Waals surface area (Å²) in [6.45, 7) is 0. The number of aromatic carboxylic acids is 1. The van der Waals surface area contributed by atoms with E-state index >= 15 is 0 Å². The molecule has 2 aromatic rings. The molecule has 0 heterocycles. The van der Waals surface area contributed by atoms with Gasteiger partial charge in [-0.25, -0.2) is 9.59 Å². The number of rotatable bonds is 2. The molecule has 0 atom stereocenters. The highest BCUT2D eigenvalue weighted by molar-refractivity contribution is 14.1. The second kappa shape index (κ2) is 9.94. The number of ether oxygens (including phenoxy) is 1. The maximum Gasteiger partial charge on any atom is 0.339 e. The minimum Gasteiger partial charge on any atom is -0.478 e. The summed E-state index contributed by atoms with van der Waals surface area (Å²) < 4.78 is 8.06. The molecular weight excluding hydrogens is 658 g/mol. The van der Waals surface area contributed by atoms with Crippen LogP contribution in [0.3, 0.4) is 0 Å². The van der Waals surface area contributed by atoms with E-state index in [0.29, 0.717) is 15.6 Å². The van der Waals surface area contributed by atoms with E-state index in [1.54, 1.807) is 24.3 Å². The van der Waals surface area contributed by atoms with Crippen molar-refractivity contribution >= 4 is 89.0 Å². The number of carboxylic acid groups (broad SMARTS) is 1. The predicted molar refractivity (Wildman–Crippen MR) is 112 cm³/mol. The Morgan fingerprint density at radius 1 is 0.957 bits per heavy atom. The Balaban J connectivity index is 0.000000231. The molecule has 0 fully saturated rings.